The van der Waals surface area contributed by atoms with Gasteiger partial charge in [0.1, 0.15) is 0 Å². The number of hydrogen-bond donors (Lipinski definition) is 2. The van der Waals surface area contributed by atoms with E-state index in [4.69, 9.17) is 0 Å². The Labute approximate surface area is 110 Å². The van der Waals surface area contributed by atoms with Crippen molar-refractivity contribution in [3.05, 3.63) is 66.0 Å². The summed E-state index contributed by atoms with van der Waals surface area (Å²) in [5, 5.41) is 21.1. The van der Waals surface area contributed by atoms with Crippen molar-refractivity contribution in [1.29, 1.82) is 0 Å². The van der Waals surface area contributed by atoms with Gasteiger partial charge < -0.3 is 10.2 Å². The minimum Gasteiger partial charge on any atom is -0.504 e. The van der Waals surface area contributed by atoms with Crippen LogP contribution in [0, 0.1) is 0 Å². The van der Waals surface area contributed by atoms with Gasteiger partial charge in [0, 0.05) is 18.0 Å². The van der Waals surface area contributed by atoms with Gasteiger partial charge in [0.15, 0.2) is 11.5 Å². The largest absolute Gasteiger partial charge is 0.504 e. The molecule has 3 rings (SSSR count). The van der Waals surface area contributed by atoms with Gasteiger partial charge in [0.2, 0.25) is 0 Å². The first-order valence-electron chi connectivity index (χ1n) is 6.07. The van der Waals surface area contributed by atoms with E-state index in [9.17, 15) is 10.2 Å². The summed E-state index contributed by atoms with van der Waals surface area (Å²) in [4.78, 5) is 4.41. The molecule has 0 spiro atoms. The number of aromatic hydroxyl groups is 2. The van der Waals surface area contributed by atoms with Crippen molar-refractivity contribution < 1.29 is 10.2 Å². The molecule has 0 atom stereocenters. The molecule has 0 fully saturated rings. The molecule has 2 aromatic carbocycles. The molecule has 3 aromatic rings. The Balaban J connectivity index is 2.03. The predicted molar refractivity (Wildman–Crippen MR) is 74.3 cm³/mol. The number of phenols is 2. The molecule has 0 saturated heterocycles. The molecule has 0 saturated carbocycles. The van der Waals surface area contributed by atoms with Crippen LogP contribution < -0.4 is 0 Å². The Hall–Kier alpha value is -2.55. The summed E-state index contributed by atoms with van der Waals surface area (Å²) in [5.41, 5.74) is 1.88. The van der Waals surface area contributed by atoms with Crippen LogP contribution >= 0.6 is 0 Å². The highest BCUT2D eigenvalue weighted by Gasteiger charge is 2.05. The first-order valence-corrected chi connectivity index (χ1v) is 6.07. The van der Waals surface area contributed by atoms with Gasteiger partial charge in [-0.3, -0.25) is 4.98 Å². The molecule has 0 radical (unpaired) electrons. The molecule has 2 N–H and O–H groups in total. The summed E-state index contributed by atoms with van der Waals surface area (Å²) >= 11 is 0. The van der Waals surface area contributed by atoms with Crippen LogP contribution in [0.2, 0.25) is 0 Å². The van der Waals surface area contributed by atoms with Crippen LogP contribution in [0.5, 0.6) is 11.5 Å². The number of aromatic nitrogens is 1. The zero-order valence-corrected chi connectivity index (χ0v) is 10.2. The van der Waals surface area contributed by atoms with Gasteiger partial charge in [-0.05, 0) is 29.1 Å². The zero-order valence-electron chi connectivity index (χ0n) is 10.2. The minimum absolute atomic E-state index is 0.0993. The molecule has 1 aromatic heterocycles. The normalized spacial score (nSPS) is 10.7. The average Bonchev–Trinajstić information content (AvgIpc) is 2.43. The number of fused-ring (bicyclic) bond motifs is 1. The van der Waals surface area contributed by atoms with Crippen LogP contribution in [0.25, 0.3) is 10.8 Å². The Morgan fingerprint density at radius 3 is 2.58 bits per heavy atom. The Bertz CT molecular complexity index is 732. The van der Waals surface area contributed by atoms with Crippen LogP contribution in [-0.4, -0.2) is 15.2 Å². The van der Waals surface area contributed by atoms with E-state index in [1.54, 1.807) is 18.3 Å². The average molecular weight is 251 g/mol. The van der Waals surface area contributed by atoms with E-state index in [2.05, 4.69) is 11.1 Å². The van der Waals surface area contributed by atoms with E-state index in [1.165, 1.54) is 6.07 Å². The lowest BCUT2D eigenvalue weighted by Gasteiger charge is -2.06. The predicted octanol–water partition coefficient (Wildman–Crippen LogP) is 3.24. The standard InChI is InChI=1S/C16H13NO2/c18-15-6-5-11(10-16(15)19)9-14-13-4-2-1-3-12(13)7-8-17-14/h1-8,10,18-19H,9H2. The molecular formula is C16H13NO2. The number of phenolic OH excluding ortho intramolecular Hbond substituents is 2. The van der Waals surface area contributed by atoms with Gasteiger partial charge in [-0.2, -0.15) is 0 Å². The molecule has 0 aliphatic heterocycles. The number of hydrogen-bond acceptors (Lipinski definition) is 3. The minimum atomic E-state index is -0.102. The van der Waals surface area contributed by atoms with Crippen LogP contribution in [0.1, 0.15) is 11.3 Å². The van der Waals surface area contributed by atoms with E-state index in [0.717, 1.165) is 22.0 Å². The van der Waals surface area contributed by atoms with Crippen LogP contribution in [0.3, 0.4) is 0 Å². The second-order valence-corrected chi connectivity index (χ2v) is 4.48. The highest BCUT2D eigenvalue weighted by molar-refractivity contribution is 5.84. The zero-order chi connectivity index (χ0) is 13.2. The molecule has 0 bridgehead atoms. The fraction of sp³-hybridized carbons (Fsp3) is 0.0625. The summed E-state index contributed by atoms with van der Waals surface area (Å²) in [6, 6.07) is 14.9. The fourth-order valence-electron chi connectivity index (χ4n) is 2.20. The van der Waals surface area contributed by atoms with E-state index in [-0.39, 0.29) is 11.5 Å². The Kier molecular flexibility index (Phi) is 2.80. The second-order valence-electron chi connectivity index (χ2n) is 4.48. The number of nitrogens with zero attached hydrogens (tertiary/aromatic N) is 1. The van der Waals surface area contributed by atoms with Gasteiger partial charge in [-0.15, -0.1) is 0 Å². The van der Waals surface area contributed by atoms with Gasteiger partial charge in [0.25, 0.3) is 0 Å². The molecule has 94 valence electrons. The highest BCUT2D eigenvalue weighted by Crippen LogP contribution is 2.27. The molecule has 0 unspecified atom stereocenters. The topological polar surface area (TPSA) is 53.4 Å². The molecule has 0 aliphatic rings. The van der Waals surface area contributed by atoms with Crippen molar-refractivity contribution in [1.82, 2.24) is 4.98 Å². The number of pyridine rings is 1. The first kappa shape index (κ1) is 11.5. The van der Waals surface area contributed by atoms with Crippen molar-refractivity contribution in [2.24, 2.45) is 0 Å². The van der Waals surface area contributed by atoms with Gasteiger partial charge in [0.05, 0.1) is 5.69 Å². The summed E-state index contributed by atoms with van der Waals surface area (Å²) in [6.45, 7) is 0. The first-order chi connectivity index (χ1) is 9.24. The quantitative estimate of drug-likeness (QED) is 0.687. The molecule has 3 heteroatoms. The SMILES string of the molecule is Oc1ccc(Cc2nccc3ccccc23)cc1O. The monoisotopic (exact) mass is 251 g/mol. The lowest BCUT2D eigenvalue weighted by molar-refractivity contribution is 0.403. The third-order valence-corrected chi connectivity index (χ3v) is 3.17. The van der Waals surface area contributed by atoms with Crippen LogP contribution in [0.4, 0.5) is 0 Å². The summed E-state index contributed by atoms with van der Waals surface area (Å²) in [6.07, 6.45) is 2.41. The lowest BCUT2D eigenvalue weighted by atomic mass is 10.0. The third kappa shape index (κ3) is 2.22. The van der Waals surface area contributed by atoms with Gasteiger partial charge in [-0.25, -0.2) is 0 Å². The van der Waals surface area contributed by atoms with E-state index in [0.29, 0.717) is 6.42 Å². The maximum Gasteiger partial charge on any atom is 0.157 e. The molecule has 0 aliphatic carbocycles. The van der Waals surface area contributed by atoms with Gasteiger partial charge in [-0.1, -0.05) is 30.3 Å². The van der Waals surface area contributed by atoms with Crippen molar-refractivity contribution in [2.75, 3.05) is 0 Å². The van der Waals surface area contributed by atoms with Gasteiger partial charge >= 0.3 is 0 Å². The molecule has 1 heterocycles. The van der Waals surface area contributed by atoms with Crippen molar-refractivity contribution in [3.63, 3.8) is 0 Å². The maximum atomic E-state index is 9.52. The third-order valence-electron chi connectivity index (χ3n) is 3.17. The highest BCUT2D eigenvalue weighted by atomic mass is 16.3. The van der Waals surface area contributed by atoms with E-state index < -0.39 is 0 Å². The van der Waals surface area contributed by atoms with Crippen LogP contribution in [-0.2, 0) is 6.42 Å². The summed E-state index contributed by atoms with van der Waals surface area (Å²) in [7, 11) is 0. The number of rotatable bonds is 2. The molecular weight excluding hydrogens is 238 g/mol. The fourth-order valence-corrected chi connectivity index (χ4v) is 2.20. The van der Waals surface area contributed by atoms with Crippen LogP contribution in [0.15, 0.2) is 54.7 Å². The maximum absolute atomic E-state index is 9.52. The number of benzene rings is 2. The summed E-state index contributed by atoms with van der Waals surface area (Å²) < 4.78 is 0. The van der Waals surface area contributed by atoms with Crippen molar-refractivity contribution in [2.45, 2.75) is 6.42 Å². The molecule has 3 nitrogen and oxygen atoms in total. The molecule has 0 amide bonds. The van der Waals surface area contributed by atoms with Crippen molar-refractivity contribution in [3.8, 4) is 11.5 Å². The Morgan fingerprint density at radius 2 is 1.74 bits per heavy atom. The summed E-state index contributed by atoms with van der Waals surface area (Å²) in [5.74, 6) is -0.202. The van der Waals surface area contributed by atoms with E-state index >= 15 is 0 Å². The second kappa shape index (κ2) is 4.61. The smallest absolute Gasteiger partial charge is 0.157 e. The van der Waals surface area contributed by atoms with Crippen molar-refractivity contribution >= 4 is 10.8 Å². The lowest BCUT2D eigenvalue weighted by Crippen LogP contribution is -1.93. The Morgan fingerprint density at radius 1 is 0.895 bits per heavy atom. The van der Waals surface area contributed by atoms with E-state index in [1.807, 2.05) is 24.3 Å². The molecule has 19 heavy (non-hydrogen) atoms.